The molecule has 0 saturated heterocycles. The maximum Gasteiger partial charge on any atom is 0.0499 e. The minimum absolute atomic E-state index is 0.368. The highest BCUT2D eigenvalue weighted by molar-refractivity contribution is 6.13. The van der Waals surface area contributed by atoms with Gasteiger partial charge in [0.05, 0.1) is 0 Å². The van der Waals surface area contributed by atoms with Gasteiger partial charge >= 0.3 is 0 Å². The molecule has 0 aliphatic heterocycles. The highest BCUT2D eigenvalue weighted by Gasteiger charge is 2.17. The number of aryl methyl sites for hydroxylation is 1. The lowest BCUT2D eigenvalue weighted by molar-refractivity contribution is 0.791. The highest BCUT2D eigenvalue weighted by atomic mass is 15.2. The van der Waals surface area contributed by atoms with Crippen LogP contribution >= 0.6 is 0 Å². The maximum absolute atomic E-state index is 2.44. The van der Waals surface area contributed by atoms with Gasteiger partial charge < -0.3 is 4.90 Å². The van der Waals surface area contributed by atoms with Crippen molar-refractivity contribution in [3.8, 4) is 0 Å². The fourth-order valence-electron chi connectivity index (χ4n) is 3.65. The van der Waals surface area contributed by atoms with E-state index in [1.807, 2.05) is 0 Å². The summed E-state index contributed by atoms with van der Waals surface area (Å²) in [5.74, 6) is 0. The summed E-state index contributed by atoms with van der Waals surface area (Å²) in [6, 6.07) is 28.9. The zero-order chi connectivity index (χ0) is 17.4. The lowest BCUT2D eigenvalue weighted by Gasteiger charge is -2.31. The van der Waals surface area contributed by atoms with E-state index < -0.39 is 0 Å². The van der Waals surface area contributed by atoms with Gasteiger partial charge in [0.25, 0.3) is 0 Å². The topological polar surface area (TPSA) is 3.24 Å². The molecule has 25 heavy (non-hydrogen) atoms. The first kappa shape index (κ1) is 15.7. The summed E-state index contributed by atoms with van der Waals surface area (Å²) in [7, 11) is 0. The van der Waals surface area contributed by atoms with Crippen molar-refractivity contribution in [2.75, 3.05) is 4.90 Å². The third-order valence-corrected chi connectivity index (χ3v) is 4.83. The summed E-state index contributed by atoms with van der Waals surface area (Å²) in [6.45, 7) is 6.64. The molecule has 0 unspecified atom stereocenters. The zero-order valence-electron chi connectivity index (χ0n) is 15.0. The monoisotopic (exact) mass is 325 g/mol. The molecule has 0 fully saturated rings. The first-order valence-electron chi connectivity index (χ1n) is 8.91. The lowest BCUT2D eigenvalue weighted by Crippen LogP contribution is -2.25. The number of nitrogens with zero attached hydrogens (tertiary/aromatic N) is 1. The Morgan fingerprint density at radius 3 is 1.96 bits per heavy atom. The van der Waals surface area contributed by atoms with E-state index in [2.05, 4.69) is 105 Å². The van der Waals surface area contributed by atoms with Crippen molar-refractivity contribution in [2.24, 2.45) is 0 Å². The second kappa shape index (κ2) is 6.25. The molecule has 1 heteroatoms. The molecule has 0 heterocycles. The zero-order valence-corrected chi connectivity index (χ0v) is 15.0. The fraction of sp³-hybridized carbons (Fsp3) is 0.167. The van der Waals surface area contributed by atoms with Crippen LogP contribution in [0.15, 0.2) is 78.9 Å². The van der Waals surface area contributed by atoms with Crippen LogP contribution in [0.3, 0.4) is 0 Å². The van der Waals surface area contributed by atoms with Gasteiger partial charge in [-0.05, 0) is 55.1 Å². The summed E-state index contributed by atoms with van der Waals surface area (Å²) in [4.78, 5) is 2.44. The molecule has 4 aromatic rings. The first-order chi connectivity index (χ1) is 12.1. The molecule has 0 atom stereocenters. The van der Waals surface area contributed by atoms with Crippen molar-refractivity contribution in [3.05, 3.63) is 84.4 Å². The predicted octanol–water partition coefficient (Wildman–Crippen LogP) is 6.85. The Morgan fingerprint density at radius 1 is 0.680 bits per heavy atom. The smallest absolute Gasteiger partial charge is 0.0499 e. The quantitative estimate of drug-likeness (QED) is 0.372. The van der Waals surface area contributed by atoms with E-state index in [4.69, 9.17) is 0 Å². The lowest BCUT2D eigenvalue weighted by atomic mass is 9.99. The van der Waals surface area contributed by atoms with Gasteiger partial charge in [0, 0.05) is 22.8 Å². The number of fused-ring (bicyclic) bond motifs is 3. The fourth-order valence-corrected chi connectivity index (χ4v) is 3.65. The van der Waals surface area contributed by atoms with Gasteiger partial charge in [-0.3, -0.25) is 0 Å². The molecule has 0 N–H and O–H groups in total. The average molecular weight is 325 g/mol. The number of benzene rings is 4. The van der Waals surface area contributed by atoms with Crippen LogP contribution in [0.25, 0.3) is 21.5 Å². The minimum Gasteiger partial charge on any atom is -0.338 e. The molecule has 0 saturated carbocycles. The molecular formula is C24H23N. The van der Waals surface area contributed by atoms with Crippen LogP contribution in [0.4, 0.5) is 11.4 Å². The standard InChI is InChI=1S/C24H23N/c1-17(2)25(20-14-12-18(3)13-15-20)24-16-19-8-4-5-9-21(19)22-10-6-7-11-23(22)24/h4-17H,1-3H3. The molecule has 0 aliphatic carbocycles. The van der Waals surface area contributed by atoms with Gasteiger partial charge in [0.2, 0.25) is 0 Å². The largest absolute Gasteiger partial charge is 0.338 e. The minimum atomic E-state index is 0.368. The number of hydrogen-bond donors (Lipinski definition) is 0. The molecule has 0 amide bonds. The molecule has 0 aromatic heterocycles. The van der Waals surface area contributed by atoms with E-state index in [0.29, 0.717) is 6.04 Å². The molecule has 124 valence electrons. The third-order valence-electron chi connectivity index (χ3n) is 4.83. The van der Waals surface area contributed by atoms with E-state index in [1.54, 1.807) is 0 Å². The Morgan fingerprint density at radius 2 is 1.28 bits per heavy atom. The molecule has 4 aromatic carbocycles. The van der Waals surface area contributed by atoms with Crippen molar-refractivity contribution in [1.29, 1.82) is 0 Å². The third kappa shape index (κ3) is 2.76. The molecule has 0 bridgehead atoms. The first-order valence-corrected chi connectivity index (χ1v) is 8.91. The van der Waals surface area contributed by atoms with Crippen LogP contribution < -0.4 is 4.90 Å². The Bertz CT molecular complexity index is 1030. The molecule has 0 radical (unpaired) electrons. The van der Waals surface area contributed by atoms with Crippen molar-refractivity contribution in [1.82, 2.24) is 0 Å². The summed E-state index contributed by atoms with van der Waals surface area (Å²) >= 11 is 0. The number of rotatable bonds is 3. The van der Waals surface area contributed by atoms with E-state index in [0.717, 1.165) is 0 Å². The van der Waals surface area contributed by atoms with Crippen LogP contribution in [0.1, 0.15) is 19.4 Å². The van der Waals surface area contributed by atoms with Crippen molar-refractivity contribution in [3.63, 3.8) is 0 Å². The Balaban J connectivity index is 2.03. The number of hydrogen-bond acceptors (Lipinski definition) is 1. The molecule has 0 aliphatic rings. The second-order valence-electron chi connectivity index (χ2n) is 6.96. The van der Waals surface area contributed by atoms with Crippen LogP contribution in [-0.2, 0) is 0 Å². The van der Waals surface area contributed by atoms with Crippen LogP contribution in [0.2, 0.25) is 0 Å². The molecule has 0 spiro atoms. The van der Waals surface area contributed by atoms with Gasteiger partial charge in [-0.25, -0.2) is 0 Å². The van der Waals surface area contributed by atoms with E-state index in [-0.39, 0.29) is 0 Å². The molecule has 1 nitrogen and oxygen atoms in total. The summed E-state index contributed by atoms with van der Waals surface area (Å²) in [5, 5.41) is 5.22. The second-order valence-corrected chi connectivity index (χ2v) is 6.96. The Hall–Kier alpha value is -2.80. The van der Waals surface area contributed by atoms with E-state index in [1.165, 1.54) is 38.5 Å². The summed E-state index contributed by atoms with van der Waals surface area (Å²) < 4.78 is 0. The maximum atomic E-state index is 2.44. The Labute approximate surface area is 149 Å². The summed E-state index contributed by atoms with van der Waals surface area (Å²) in [5.41, 5.74) is 3.80. The SMILES string of the molecule is Cc1ccc(N(c2cc3ccccc3c3ccccc23)C(C)C)cc1. The van der Waals surface area contributed by atoms with E-state index in [9.17, 15) is 0 Å². The van der Waals surface area contributed by atoms with Crippen molar-refractivity contribution in [2.45, 2.75) is 26.8 Å². The Kier molecular flexibility index (Phi) is 3.93. The van der Waals surface area contributed by atoms with Gasteiger partial charge in [0.15, 0.2) is 0 Å². The van der Waals surface area contributed by atoms with Crippen LogP contribution in [-0.4, -0.2) is 6.04 Å². The predicted molar refractivity (Wildman–Crippen MR) is 110 cm³/mol. The van der Waals surface area contributed by atoms with E-state index >= 15 is 0 Å². The van der Waals surface area contributed by atoms with Gasteiger partial charge in [-0.15, -0.1) is 0 Å². The van der Waals surface area contributed by atoms with Crippen molar-refractivity contribution >= 4 is 32.9 Å². The molecule has 4 rings (SSSR count). The van der Waals surface area contributed by atoms with Crippen LogP contribution in [0, 0.1) is 6.92 Å². The van der Waals surface area contributed by atoms with Crippen molar-refractivity contribution < 1.29 is 0 Å². The molecular weight excluding hydrogens is 302 g/mol. The van der Waals surface area contributed by atoms with Gasteiger partial charge in [0.1, 0.15) is 0 Å². The van der Waals surface area contributed by atoms with Gasteiger partial charge in [-0.2, -0.15) is 0 Å². The van der Waals surface area contributed by atoms with Crippen LogP contribution in [0.5, 0.6) is 0 Å². The summed E-state index contributed by atoms with van der Waals surface area (Å²) in [6.07, 6.45) is 0. The van der Waals surface area contributed by atoms with Gasteiger partial charge in [-0.1, -0.05) is 66.2 Å². The number of anilines is 2. The normalized spacial score (nSPS) is 11.4. The highest BCUT2D eigenvalue weighted by Crippen LogP contribution is 2.38. The average Bonchev–Trinajstić information content (AvgIpc) is 2.63.